The van der Waals surface area contributed by atoms with Crippen LogP contribution in [0, 0.1) is 12.8 Å². The molecule has 8 heteroatoms. The summed E-state index contributed by atoms with van der Waals surface area (Å²) in [4.78, 5) is 9.49. The first-order valence-corrected chi connectivity index (χ1v) is 11.7. The molecule has 1 aromatic rings. The Morgan fingerprint density at radius 2 is 1.81 bits per heavy atom. The quantitative estimate of drug-likeness (QED) is 0.177. The highest BCUT2D eigenvalue weighted by Crippen LogP contribution is 2.20. The number of guanidine groups is 1. The predicted octanol–water partition coefficient (Wildman–Crippen LogP) is 2.97. The van der Waals surface area contributed by atoms with Crippen molar-refractivity contribution in [1.29, 1.82) is 0 Å². The molecule has 2 rings (SSSR count). The van der Waals surface area contributed by atoms with Crippen molar-refractivity contribution in [3.63, 3.8) is 0 Å². The van der Waals surface area contributed by atoms with Gasteiger partial charge in [-0.1, -0.05) is 26.0 Å². The fraction of sp³-hybridized carbons (Fsp3) is 0.708. The Hall–Kier alpha value is -1.10. The van der Waals surface area contributed by atoms with E-state index in [-0.39, 0.29) is 24.0 Å². The summed E-state index contributed by atoms with van der Waals surface area (Å²) in [6.07, 6.45) is 0. The van der Waals surface area contributed by atoms with Crippen molar-refractivity contribution in [3.05, 3.63) is 29.3 Å². The lowest BCUT2D eigenvalue weighted by Gasteiger charge is -2.35. The molecule has 184 valence electrons. The lowest BCUT2D eigenvalue weighted by molar-refractivity contribution is 0.110. The molecule has 1 fully saturated rings. The first-order chi connectivity index (χ1) is 15.0. The van der Waals surface area contributed by atoms with Crippen molar-refractivity contribution in [1.82, 2.24) is 20.4 Å². The summed E-state index contributed by atoms with van der Waals surface area (Å²) >= 11 is 0. The van der Waals surface area contributed by atoms with Crippen molar-refractivity contribution < 1.29 is 9.47 Å². The van der Waals surface area contributed by atoms with Crippen LogP contribution in [0.15, 0.2) is 23.2 Å². The van der Waals surface area contributed by atoms with Gasteiger partial charge >= 0.3 is 0 Å². The third-order valence-electron chi connectivity index (χ3n) is 5.68. The van der Waals surface area contributed by atoms with Crippen LogP contribution in [-0.2, 0) is 11.3 Å². The molecule has 1 atom stereocenters. The van der Waals surface area contributed by atoms with Gasteiger partial charge in [-0.15, -0.1) is 24.0 Å². The van der Waals surface area contributed by atoms with Crippen molar-refractivity contribution >= 4 is 29.9 Å². The van der Waals surface area contributed by atoms with Crippen molar-refractivity contribution in [2.75, 3.05) is 72.7 Å². The summed E-state index contributed by atoms with van der Waals surface area (Å²) in [5.74, 6) is 2.29. The molecule has 1 unspecified atom stereocenters. The second-order valence-corrected chi connectivity index (χ2v) is 8.30. The van der Waals surface area contributed by atoms with Gasteiger partial charge in [0.2, 0.25) is 0 Å². The maximum atomic E-state index is 5.95. The summed E-state index contributed by atoms with van der Waals surface area (Å²) in [5.41, 5.74) is 2.30. The molecule has 0 bridgehead atoms. The Balaban J connectivity index is 0.00000512. The van der Waals surface area contributed by atoms with Crippen LogP contribution in [0.5, 0.6) is 5.75 Å². The maximum Gasteiger partial charge on any atom is 0.191 e. The Bertz CT molecular complexity index is 666. The van der Waals surface area contributed by atoms with Gasteiger partial charge < -0.3 is 29.9 Å². The predicted molar refractivity (Wildman–Crippen MR) is 145 cm³/mol. The van der Waals surface area contributed by atoms with Crippen LogP contribution in [0.1, 0.15) is 31.9 Å². The van der Waals surface area contributed by atoms with E-state index in [0.717, 1.165) is 36.9 Å². The van der Waals surface area contributed by atoms with Gasteiger partial charge in [0.15, 0.2) is 5.96 Å². The highest BCUT2D eigenvalue weighted by molar-refractivity contribution is 14.0. The van der Waals surface area contributed by atoms with E-state index in [1.54, 1.807) is 0 Å². The summed E-state index contributed by atoms with van der Waals surface area (Å²) in [6.45, 7) is 19.1. The minimum absolute atomic E-state index is 0. The average Bonchev–Trinajstić information content (AvgIpc) is 2.78. The Kier molecular flexibility index (Phi) is 14.9. The number of hydrogen-bond donors (Lipinski definition) is 2. The van der Waals surface area contributed by atoms with E-state index in [0.29, 0.717) is 32.3 Å². The molecule has 1 aliphatic heterocycles. The van der Waals surface area contributed by atoms with E-state index in [1.807, 2.05) is 14.0 Å². The van der Waals surface area contributed by atoms with Crippen molar-refractivity contribution in [2.24, 2.45) is 10.9 Å². The number of ether oxygens (including phenoxy) is 2. The minimum Gasteiger partial charge on any atom is -0.491 e. The van der Waals surface area contributed by atoms with E-state index in [1.165, 1.54) is 31.7 Å². The lowest BCUT2D eigenvalue weighted by atomic mass is 10.1. The number of halogens is 1. The molecular weight excluding hydrogens is 517 g/mol. The smallest absolute Gasteiger partial charge is 0.191 e. The van der Waals surface area contributed by atoms with E-state index in [9.17, 15) is 0 Å². The van der Waals surface area contributed by atoms with E-state index < -0.39 is 0 Å². The number of hydrogen-bond acceptors (Lipinski definition) is 5. The van der Waals surface area contributed by atoms with Gasteiger partial charge in [-0.3, -0.25) is 4.99 Å². The average molecular weight is 562 g/mol. The fourth-order valence-corrected chi connectivity index (χ4v) is 3.76. The first kappa shape index (κ1) is 28.9. The molecule has 1 aromatic carbocycles. The fourth-order valence-electron chi connectivity index (χ4n) is 3.76. The lowest BCUT2D eigenvalue weighted by Crippen LogP contribution is -2.48. The van der Waals surface area contributed by atoms with Gasteiger partial charge in [0.05, 0.1) is 6.61 Å². The molecule has 0 aliphatic carbocycles. The zero-order valence-electron chi connectivity index (χ0n) is 20.7. The highest BCUT2D eigenvalue weighted by atomic mass is 127. The second kappa shape index (κ2) is 16.5. The minimum atomic E-state index is 0. The molecule has 0 radical (unpaired) electrons. The van der Waals surface area contributed by atoms with Crippen LogP contribution < -0.4 is 15.4 Å². The third-order valence-corrected chi connectivity index (χ3v) is 5.68. The first-order valence-electron chi connectivity index (χ1n) is 11.7. The number of benzene rings is 1. The normalized spacial score (nSPS) is 16.3. The number of nitrogens with one attached hydrogen (secondary N) is 2. The Labute approximate surface area is 212 Å². The van der Waals surface area contributed by atoms with Crippen LogP contribution >= 0.6 is 24.0 Å². The molecule has 7 nitrogen and oxygen atoms in total. The molecule has 0 amide bonds. The molecule has 1 saturated heterocycles. The number of aliphatic imine (C=N–C) groups is 1. The molecule has 0 aromatic heterocycles. The van der Waals surface area contributed by atoms with Gasteiger partial charge in [-0.25, -0.2) is 0 Å². The zero-order chi connectivity index (χ0) is 22.5. The van der Waals surface area contributed by atoms with Gasteiger partial charge in [0, 0.05) is 65.0 Å². The Morgan fingerprint density at radius 1 is 1.09 bits per heavy atom. The van der Waals surface area contributed by atoms with E-state index in [2.05, 4.69) is 64.4 Å². The van der Waals surface area contributed by atoms with Crippen molar-refractivity contribution in [2.45, 2.75) is 34.2 Å². The Morgan fingerprint density at radius 3 is 2.47 bits per heavy atom. The zero-order valence-corrected chi connectivity index (χ0v) is 23.0. The summed E-state index contributed by atoms with van der Waals surface area (Å²) in [5, 5.41) is 6.91. The molecule has 0 spiro atoms. The highest BCUT2D eigenvalue weighted by Gasteiger charge is 2.17. The van der Waals surface area contributed by atoms with Crippen molar-refractivity contribution in [3.8, 4) is 5.75 Å². The number of piperazine rings is 1. The number of nitrogens with zero attached hydrogens (tertiary/aromatic N) is 3. The molecule has 2 N–H and O–H groups in total. The molecule has 1 aliphatic rings. The molecule has 32 heavy (non-hydrogen) atoms. The SMILES string of the molecule is CCOCCOc1cc(C)ccc1CNC(=NC)NCC(C)CN1CCN(CC)CC1.I. The van der Waals surface area contributed by atoms with Gasteiger partial charge in [0.25, 0.3) is 0 Å². The number of likely N-dealkylation sites (N-methyl/N-ethyl adjacent to an activating group) is 1. The van der Waals surface area contributed by atoms with E-state index >= 15 is 0 Å². The molecular formula is C24H44IN5O2. The van der Waals surface area contributed by atoms with Gasteiger partial charge in [-0.2, -0.15) is 0 Å². The monoisotopic (exact) mass is 561 g/mol. The van der Waals surface area contributed by atoms with E-state index in [4.69, 9.17) is 9.47 Å². The standard InChI is InChI=1S/C24H43N5O2.HI/c1-6-28-10-12-29(13-11-28)19-21(4)17-26-24(25-5)27-18-22-9-8-20(3)16-23(22)31-15-14-30-7-2;/h8-9,16,21H,6-7,10-15,17-19H2,1-5H3,(H2,25,26,27);1H. The van der Waals surface area contributed by atoms with Crippen LogP contribution in [0.25, 0.3) is 0 Å². The second-order valence-electron chi connectivity index (χ2n) is 8.30. The molecule has 0 saturated carbocycles. The maximum absolute atomic E-state index is 5.95. The number of aryl methyl sites for hydroxylation is 1. The number of rotatable bonds is 12. The van der Waals surface area contributed by atoms with Crippen LogP contribution in [0.3, 0.4) is 0 Å². The van der Waals surface area contributed by atoms with Gasteiger partial charge in [-0.05, 0) is 37.9 Å². The molecule has 1 heterocycles. The largest absolute Gasteiger partial charge is 0.491 e. The third kappa shape index (κ3) is 10.7. The summed E-state index contributed by atoms with van der Waals surface area (Å²) < 4.78 is 11.3. The van der Waals surface area contributed by atoms with Gasteiger partial charge in [0.1, 0.15) is 12.4 Å². The van der Waals surface area contributed by atoms with Crippen LogP contribution in [0.4, 0.5) is 0 Å². The van der Waals surface area contributed by atoms with Crippen LogP contribution in [-0.4, -0.2) is 88.4 Å². The summed E-state index contributed by atoms with van der Waals surface area (Å²) in [6, 6.07) is 6.31. The topological polar surface area (TPSA) is 61.4 Å². The van der Waals surface area contributed by atoms with Crippen LogP contribution in [0.2, 0.25) is 0 Å². The summed E-state index contributed by atoms with van der Waals surface area (Å²) in [7, 11) is 1.82.